The monoisotopic (exact) mass is 369 g/mol. The predicted octanol–water partition coefficient (Wildman–Crippen LogP) is 2.55. The Hall–Kier alpha value is -1.18. The van der Waals surface area contributed by atoms with E-state index in [1.165, 1.54) is 4.90 Å². The molecule has 24 heavy (non-hydrogen) atoms. The van der Waals surface area contributed by atoms with E-state index in [9.17, 15) is 9.59 Å². The van der Waals surface area contributed by atoms with Crippen molar-refractivity contribution < 1.29 is 9.59 Å². The van der Waals surface area contributed by atoms with Crippen LogP contribution in [0.4, 0.5) is 0 Å². The lowest BCUT2D eigenvalue weighted by Crippen LogP contribution is -2.27. The second-order valence-electron chi connectivity index (χ2n) is 5.49. The first kappa shape index (κ1) is 20.9. The Morgan fingerprint density at radius 1 is 1.12 bits per heavy atom. The molecule has 1 rings (SSSR count). The molecule has 0 aromatic heterocycles. The molecule has 1 aromatic carbocycles. The largest absolute Gasteiger partial charge is 0.369 e. The van der Waals surface area contributed by atoms with Gasteiger partial charge in [0.15, 0.2) is 0 Å². The number of unbranched alkanes of at least 4 members (excludes halogenated alkanes) is 1. The minimum atomic E-state index is -0.280. The lowest BCUT2D eigenvalue weighted by molar-refractivity contribution is -0.122. The van der Waals surface area contributed by atoms with Crippen LogP contribution in [-0.4, -0.2) is 30.7 Å². The molecule has 2 amide bonds. The Labute approximate surface area is 152 Å². The van der Waals surface area contributed by atoms with Crippen molar-refractivity contribution in [3.63, 3.8) is 0 Å². The van der Waals surface area contributed by atoms with Gasteiger partial charge in [-0.2, -0.15) is 0 Å². The Bertz CT molecular complexity index is 486. The number of carbonyl (C=O) groups is 2. The smallest absolute Gasteiger partial charge is 0.220 e. The highest BCUT2D eigenvalue weighted by Crippen LogP contribution is 2.30. The number of nitrogens with two attached hydrogens (primary N) is 2. The summed E-state index contributed by atoms with van der Waals surface area (Å²) in [5, 5.41) is 2.91. The van der Waals surface area contributed by atoms with Gasteiger partial charge in [-0.25, -0.2) is 0 Å². The number of primary amides is 1. The van der Waals surface area contributed by atoms with Crippen molar-refractivity contribution in [3.8, 4) is 0 Å². The van der Waals surface area contributed by atoms with Crippen LogP contribution in [-0.2, 0) is 9.59 Å². The Balaban J connectivity index is 2.00. The highest BCUT2D eigenvalue weighted by molar-refractivity contribution is 8.76. The molecule has 0 radical (unpaired) electrons. The number of benzene rings is 1. The quantitative estimate of drug-likeness (QED) is 0.367. The van der Waals surface area contributed by atoms with Gasteiger partial charge in [-0.1, -0.05) is 46.2 Å². The first-order chi connectivity index (χ1) is 11.6. The topological polar surface area (TPSA) is 98.2 Å². The zero-order valence-corrected chi connectivity index (χ0v) is 15.5. The van der Waals surface area contributed by atoms with Crippen LogP contribution in [0.3, 0.4) is 0 Å². The minimum Gasteiger partial charge on any atom is -0.369 e. The van der Waals surface area contributed by atoms with Crippen molar-refractivity contribution in [3.05, 3.63) is 30.3 Å². The van der Waals surface area contributed by atoms with Gasteiger partial charge in [0, 0.05) is 29.5 Å². The van der Waals surface area contributed by atoms with Crippen LogP contribution in [0.15, 0.2) is 35.2 Å². The van der Waals surface area contributed by atoms with Crippen LogP contribution in [0.25, 0.3) is 0 Å². The molecular formula is C17H27N3O2S2. The van der Waals surface area contributed by atoms with Gasteiger partial charge in [0.05, 0.1) is 0 Å². The number of rotatable bonds is 13. The summed E-state index contributed by atoms with van der Waals surface area (Å²) in [6.45, 7) is 1.12. The summed E-state index contributed by atoms with van der Waals surface area (Å²) in [5.74, 6) is 0.435. The molecule has 0 bridgehead atoms. The third-order valence-corrected chi connectivity index (χ3v) is 5.91. The molecule has 0 spiro atoms. The SMILES string of the molecule is NCCC(CCCCNC(=O)CCSSc1ccccc1)C(N)=O. The fourth-order valence-corrected chi connectivity index (χ4v) is 4.18. The van der Waals surface area contributed by atoms with Crippen molar-refractivity contribution in [2.45, 2.75) is 37.0 Å². The van der Waals surface area contributed by atoms with Crippen LogP contribution in [0.2, 0.25) is 0 Å². The maximum atomic E-state index is 11.7. The van der Waals surface area contributed by atoms with E-state index < -0.39 is 0 Å². The average Bonchev–Trinajstić information content (AvgIpc) is 2.58. The fourth-order valence-electron chi connectivity index (χ4n) is 2.18. The molecule has 5 nitrogen and oxygen atoms in total. The van der Waals surface area contributed by atoms with E-state index in [0.717, 1.165) is 25.0 Å². The summed E-state index contributed by atoms with van der Waals surface area (Å²) in [7, 11) is 3.37. The van der Waals surface area contributed by atoms with E-state index >= 15 is 0 Å². The maximum Gasteiger partial charge on any atom is 0.220 e. The minimum absolute atomic E-state index is 0.0737. The van der Waals surface area contributed by atoms with Gasteiger partial charge in [-0.3, -0.25) is 9.59 Å². The lowest BCUT2D eigenvalue weighted by atomic mass is 9.98. The van der Waals surface area contributed by atoms with Crippen LogP contribution >= 0.6 is 21.6 Å². The first-order valence-electron chi connectivity index (χ1n) is 8.24. The van der Waals surface area contributed by atoms with Crippen LogP contribution < -0.4 is 16.8 Å². The summed E-state index contributed by atoms with van der Waals surface area (Å²) in [6.07, 6.45) is 3.62. The van der Waals surface area contributed by atoms with Crippen LogP contribution in [0, 0.1) is 5.92 Å². The number of amides is 2. The van der Waals surface area contributed by atoms with E-state index in [1.807, 2.05) is 18.2 Å². The third kappa shape index (κ3) is 9.85. The number of carbonyl (C=O) groups excluding carboxylic acids is 2. The third-order valence-electron chi connectivity index (χ3n) is 3.53. The van der Waals surface area contributed by atoms with Crippen molar-refractivity contribution in [1.82, 2.24) is 5.32 Å². The van der Waals surface area contributed by atoms with Crippen molar-refractivity contribution in [1.29, 1.82) is 0 Å². The second kappa shape index (κ2) is 13.1. The molecule has 134 valence electrons. The van der Waals surface area contributed by atoms with E-state index in [1.54, 1.807) is 21.6 Å². The molecule has 0 aliphatic heterocycles. The van der Waals surface area contributed by atoms with Crippen LogP contribution in [0.1, 0.15) is 32.1 Å². The number of nitrogens with one attached hydrogen (secondary N) is 1. The molecule has 0 fully saturated rings. The van der Waals surface area contributed by atoms with E-state index in [4.69, 9.17) is 11.5 Å². The summed E-state index contributed by atoms with van der Waals surface area (Å²) in [4.78, 5) is 24.1. The summed E-state index contributed by atoms with van der Waals surface area (Å²) >= 11 is 0. The summed E-state index contributed by atoms with van der Waals surface area (Å²) < 4.78 is 0. The molecule has 1 atom stereocenters. The molecule has 0 aliphatic carbocycles. The van der Waals surface area contributed by atoms with Crippen molar-refractivity contribution in [2.24, 2.45) is 17.4 Å². The molecule has 0 heterocycles. The summed E-state index contributed by atoms with van der Waals surface area (Å²) in [6, 6.07) is 10.1. The molecule has 0 saturated carbocycles. The molecule has 0 aliphatic rings. The van der Waals surface area contributed by atoms with Gasteiger partial charge in [0.1, 0.15) is 0 Å². The number of hydrogen-bond acceptors (Lipinski definition) is 5. The molecule has 0 saturated heterocycles. The van der Waals surface area contributed by atoms with Gasteiger partial charge in [-0.15, -0.1) is 0 Å². The average molecular weight is 370 g/mol. The lowest BCUT2D eigenvalue weighted by Gasteiger charge is -2.11. The maximum absolute atomic E-state index is 11.7. The van der Waals surface area contributed by atoms with Crippen molar-refractivity contribution in [2.75, 3.05) is 18.8 Å². The van der Waals surface area contributed by atoms with E-state index in [0.29, 0.717) is 25.9 Å². The van der Waals surface area contributed by atoms with Gasteiger partial charge < -0.3 is 16.8 Å². The fraction of sp³-hybridized carbons (Fsp3) is 0.529. The van der Waals surface area contributed by atoms with Gasteiger partial charge in [0.25, 0.3) is 0 Å². The Morgan fingerprint density at radius 2 is 1.88 bits per heavy atom. The van der Waals surface area contributed by atoms with Gasteiger partial charge >= 0.3 is 0 Å². The second-order valence-corrected chi connectivity index (χ2v) is 7.98. The molecule has 7 heteroatoms. The van der Waals surface area contributed by atoms with E-state index in [2.05, 4.69) is 17.4 Å². The Morgan fingerprint density at radius 3 is 2.54 bits per heavy atom. The molecule has 1 unspecified atom stereocenters. The van der Waals surface area contributed by atoms with Crippen LogP contribution in [0.5, 0.6) is 0 Å². The van der Waals surface area contributed by atoms with Gasteiger partial charge in [-0.05, 0) is 37.9 Å². The zero-order chi connectivity index (χ0) is 17.6. The molecule has 5 N–H and O–H groups in total. The van der Waals surface area contributed by atoms with Crippen molar-refractivity contribution >= 4 is 33.4 Å². The normalized spacial score (nSPS) is 11.9. The highest BCUT2D eigenvalue weighted by atomic mass is 33.1. The first-order valence-corrected chi connectivity index (χ1v) is 10.6. The highest BCUT2D eigenvalue weighted by Gasteiger charge is 2.13. The zero-order valence-electron chi connectivity index (χ0n) is 13.9. The van der Waals surface area contributed by atoms with E-state index in [-0.39, 0.29) is 17.7 Å². The summed E-state index contributed by atoms with van der Waals surface area (Å²) in [5.41, 5.74) is 10.8. The standard InChI is InChI=1S/C17H27N3O2S2/c18-11-9-14(17(19)22)6-4-5-12-20-16(21)10-13-23-24-15-7-2-1-3-8-15/h1-3,7-8,14H,4-6,9-13,18H2,(H2,19,22)(H,20,21). The molecular weight excluding hydrogens is 342 g/mol. The predicted molar refractivity (Wildman–Crippen MR) is 103 cm³/mol. The van der Waals surface area contributed by atoms with Gasteiger partial charge in [0.2, 0.25) is 11.8 Å². The molecule has 1 aromatic rings. The number of hydrogen-bond donors (Lipinski definition) is 3. The Kier molecular flexibility index (Phi) is 11.4.